The van der Waals surface area contributed by atoms with Gasteiger partial charge in [-0.2, -0.15) is 0 Å². The van der Waals surface area contributed by atoms with Gasteiger partial charge in [0.1, 0.15) is 0 Å². The molecule has 0 N–H and O–H groups in total. The first-order valence-corrected chi connectivity index (χ1v) is 9.27. The number of carbonyl (C=O) groups excluding carboxylic acids is 2. The van der Waals surface area contributed by atoms with Crippen molar-refractivity contribution in [3.8, 4) is 11.8 Å². The van der Waals surface area contributed by atoms with Crippen LogP contribution in [0.25, 0.3) is 0 Å². The van der Waals surface area contributed by atoms with Crippen molar-refractivity contribution in [3.63, 3.8) is 0 Å². The highest BCUT2D eigenvalue weighted by molar-refractivity contribution is 5.85. The summed E-state index contributed by atoms with van der Waals surface area (Å²) in [6, 6.07) is 0. The Kier molecular flexibility index (Phi) is 10.7. The van der Waals surface area contributed by atoms with Crippen LogP contribution in [0.2, 0.25) is 0 Å². The average molecular weight is 352 g/mol. The monoisotopic (exact) mass is 352 g/mol. The molecule has 6 heteroatoms. The zero-order chi connectivity index (χ0) is 18.5. The first-order chi connectivity index (χ1) is 12.0. The molecule has 1 fully saturated rings. The molecule has 0 aliphatic carbocycles. The Labute approximate surface area is 151 Å². The van der Waals surface area contributed by atoms with Crippen molar-refractivity contribution in [2.75, 3.05) is 40.3 Å². The van der Waals surface area contributed by atoms with Crippen LogP contribution in [0.1, 0.15) is 51.9 Å². The van der Waals surface area contributed by atoms with Crippen LogP contribution in [0.4, 0.5) is 4.79 Å². The van der Waals surface area contributed by atoms with Gasteiger partial charge in [0.05, 0.1) is 19.7 Å². The van der Waals surface area contributed by atoms with Gasteiger partial charge in [0.15, 0.2) is 6.10 Å². The number of rotatable bonds is 10. The molecule has 0 bridgehead atoms. The maximum atomic E-state index is 12.2. The van der Waals surface area contributed by atoms with Crippen LogP contribution in [-0.2, 0) is 14.3 Å². The first kappa shape index (κ1) is 21.3. The van der Waals surface area contributed by atoms with E-state index in [-0.39, 0.29) is 5.91 Å². The number of amides is 1. The molecule has 0 unspecified atom stereocenters. The van der Waals surface area contributed by atoms with Gasteiger partial charge in [0.25, 0.3) is 5.91 Å². The zero-order valence-corrected chi connectivity index (χ0v) is 15.9. The normalized spacial score (nSPS) is 16.7. The van der Waals surface area contributed by atoms with Crippen molar-refractivity contribution in [2.45, 2.75) is 58.0 Å². The van der Waals surface area contributed by atoms with Gasteiger partial charge in [-0.05, 0) is 20.5 Å². The lowest BCUT2D eigenvalue weighted by Gasteiger charge is -2.13. The molecule has 1 aliphatic heterocycles. The summed E-state index contributed by atoms with van der Waals surface area (Å²) in [6.45, 7) is 4.13. The van der Waals surface area contributed by atoms with Crippen LogP contribution >= 0.6 is 0 Å². The van der Waals surface area contributed by atoms with Gasteiger partial charge in [-0.1, -0.05) is 50.9 Å². The summed E-state index contributed by atoms with van der Waals surface area (Å²) in [5, 5.41) is 0. The van der Waals surface area contributed by atoms with Crippen molar-refractivity contribution in [2.24, 2.45) is 0 Å². The number of hydrogen-bond donors (Lipinski definition) is 0. The second-order valence-electron chi connectivity index (χ2n) is 6.61. The predicted octanol–water partition coefficient (Wildman–Crippen LogP) is 2.67. The Hall–Kier alpha value is -1.74. The van der Waals surface area contributed by atoms with Crippen LogP contribution in [0, 0.1) is 11.8 Å². The molecule has 0 aromatic heterocycles. The fourth-order valence-corrected chi connectivity index (χ4v) is 2.53. The van der Waals surface area contributed by atoms with Gasteiger partial charge in [0, 0.05) is 13.0 Å². The van der Waals surface area contributed by atoms with E-state index in [0.29, 0.717) is 32.7 Å². The molecule has 0 radical (unpaired) electrons. The maximum Gasteiger partial charge on any atom is 0.509 e. The molecule has 6 nitrogen and oxygen atoms in total. The highest BCUT2D eigenvalue weighted by atomic mass is 16.7. The first-order valence-electron chi connectivity index (χ1n) is 9.27. The van der Waals surface area contributed by atoms with Crippen LogP contribution in [0.5, 0.6) is 0 Å². The Balaban J connectivity index is 2.16. The minimum atomic E-state index is -0.743. The van der Waals surface area contributed by atoms with Gasteiger partial charge in [-0.15, -0.1) is 0 Å². The number of carbonyl (C=O) groups is 2. The van der Waals surface area contributed by atoms with Crippen molar-refractivity contribution in [1.82, 2.24) is 9.80 Å². The van der Waals surface area contributed by atoms with Crippen LogP contribution < -0.4 is 0 Å². The fraction of sp³-hybridized carbons (Fsp3) is 0.789. The van der Waals surface area contributed by atoms with E-state index in [0.717, 1.165) is 19.3 Å². The largest absolute Gasteiger partial charge is 0.509 e. The van der Waals surface area contributed by atoms with E-state index >= 15 is 0 Å². The molecule has 1 amide bonds. The molecule has 25 heavy (non-hydrogen) atoms. The number of nitrogens with zero attached hydrogens (tertiary/aromatic N) is 2. The molecule has 1 aliphatic rings. The Morgan fingerprint density at radius 2 is 1.92 bits per heavy atom. The predicted molar refractivity (Wildman–Crippen MR) is 97.1 cm³/mol. The minimum Gasteiger partial charge on any atom is -0.434 e. The topological polar surface area (TPSA) is 59.1 Å². The van der Waals surface area contributed by atoms with Crippen LogP contribution in [-0.4, -0.2) is 68.3 Å². The summed E-state index contributed by atoms with van der Waals surface area (Å²) in [4.78, 5) is 27.4. The number of hydrogen-bond acceptors (Lipinski definition) is 5. The second-order valence-corrected chi connectivity index (χ2v) is 6.61. The smallest absolute Gasteiger partial charge is 0.434 e. The third-order valence-corrected chi connectivity index (χ3v) is 3.99. The van der Waals surface area contributed by atoms with Crippen molar-refractivity contribution in [3.05, 3.63) is 0 Å². The molecule has 0 aromatic rings. The van der Waals surface area contributed by atoms with Crippen molar-refractivity contribution >= 4 is 12.1 Å². The molecule has 0 aromatic carbocycles. The highest BCUT2D eigenvalue weighted by Crippen LogP contribution is 2.15. The fourth-order valence-electron chi connectivity index (χ4n) is 2.53. The lowest BCUT2D eigenvalue weighted by molar-refractivity contribution is -0.135. The third-order valence-electron chi connectivity index (χ3n) is 3.99. The quantitative estimate of drug-likeness (QED) is 0.344. The molecule has 1 rings (SSSR count). The molecule has 1 saturated heterocycles. The Morgan fingerprint density at radius 3 is 2.64 bits per heavy atom. The summed E-state index contributed by atoms with van der Waals surface area (Å²) in [6.07, 6.45) is 5.78. The Morgan fingerprint density at radius 1 is 1.20 bits per heavy atom. The van der Waals surface area contributed by atoms with E-state index in [4.69, 9.17) is 9.47 Å². The van der Waals surface area contributed by atoms with Crippen molar-refractivity contribution < 1.29 is 19.1 Å². The van der Waals surface area contributed by atoms with Gasteiger partial charge < -0.3 is 14.4 Å². The summed E-state index contributed by atoms with van der Waals surface area (Å²) < 4.78 is 10.2. The number of likely N-dealkylation sites (tertiary alicyclic amines) is 1. The van der Waals surface area contributed by atoms with Gasteiger partial charge in [-0.25, -0.2) is 4.79 Å². The number of ether oxygens (including phenoxy) is 2. The van der Waals surface area contributed by atoms with Gasteiger partial charge >= 0.3 is 6.16 Å². The summed E-state index contributed by atoms with van der Waals surface area (Å²) in [5.74, 6) is 5.77. The summed E-state index contributed by atoms with van der Waals surface area (Å²) in [5.41, 5.74) is 0. The molecule has 142 valence electrons. The van der Waals surface area contributed by atoms with E-state index in [2.05, 4.69) is 18.8 Å². The summed E-state index contributed by atoms with van der Waals surface area (Å²) >= 11 is 0. The zero-order valence-electron chi connectivity index (χ0n) is 15.9. The Bertz CT molecular complexity index is 468. The molecule has 1 heterocycles. The van der Waals surface area contributed by atoms with Crippen LogP contribution in [0.15, 0.2) is 0 Å². The maximum absolute atomic E-state index is 12.2. The average Bonchev–Trinajstić information content (AvgIpc) is 2.91. The van der Waals surface area contributed by atoms with Gasteiger partial charge in [0.2, 0.25) is 0 Å². The van der Waals surface area contributed by atoms with E-state index in [9.17, 15) is 9.59 Å². The summed E-state index contributed by atoms with van der Waals surface area (Å²) in [7, 11) is 3.88. The lowest BCUT2D eigenvalue weighted by atomic mass is 10.1. The molecule has 0 spiro atoms. The number of unbranched alkanes of at least 4 members (excludes halogenated alkanes) is 5. The highest BCUT2D eigenvalue weighted by Gasteiger charge is 2.34. The van der Waals surface area contributed by atoms with E-state index < -0.39 is 12.3 Å². The molecular weight excluding hydrogens is 320 g/mol. The molecule has 1 atom stereocenters. The lowest BCUT2D eigenvalue weighted by Crippen LogP contribution is -2.32. The van der Waals surface area contributed by atoms with Crippen molar-refractivity contribution in [1.29, 1.82) is 0 Å². The second kappa shape index (κ2) is 12.6. The minimum absolute atomic E-state index is 0.185. The van der Waals surface area contributed by atoms with Gasteiger partial charge in [-0.3, -0.25) is 9.69 Å². The standard InChI is InChI=1S/C19H32N2O4/c1-4-5-6-7-8-11-16-24-19(23)25-17-12-15-21(18(17)22)14-10-9-13-20(2)3/h17H,4-8,11-16H2,1-3H3/t17-/m1/s1. The van der Waals surface area contributed by atoms with E-state index in [1.807, 2.05) is 19.0 Å². The third kappa shape index (κ3) is 9.35. The van der Waals surface area contributed by atoms with E-state index in [1.165, 1.54) is 19.3 Å². The SMILES string of the molecule is CCCCCCCCOC(=O)O[C@@H]1CCN(CC#CCN(C)C)C1=O. The molecular formula is C19H32N2O4. The van der Waals surface area contributed by atoms with Crippen LogP contribution in [0.3, 0.4) is 0 Å². The van der Waals surface area contributed by atoms with E-state index in [1.54, 1.807) is 4.90 Å². The molecule has 0 saturated carbocycles.